The highest BCUT2D eigenvalue weighted by Gasteiger charge is 2.34. The van der Waals surface area contributed by atoms with Gasteiger partial charge in [-0.15, -0.1) is 0 Å². The van der Waals surface area contributed by atoms with Crippen LogP contribution in [-0.2, 0) is 14.3 Å². The maximum Gasteiger partial charge on any atom is 0.257 e. The first kappa shape index (κ1) is 27.0. The van der Waals surface area contributed by atoms with Crippen molar-refractivity contribution in [1.82, 2.24) is 9.80 Å². The number of nitrogens with zero attached hydrogens (tertiary/aromatic N) is 2. The molecule has 0 aromatic heterocycles. The summed E-state index contributed by atoms with van der Waals surface area (Å²) in [5, 5.41) is 2.86. The molecule has 0 spiro atoms. The van der Waals surface area contributed by atoms with Gasteiger partial charge in [-0.05, 0) is 44.4 Å². The molecule has 2 aliphatic rings. The van der Waals surface area contributed by atoms with E-state index in [1.807, 2.05) is 18.7 Å². The van der Waals surface area contributed by atoms with Crippen molar-refractivity contribution in [2.24, 2.45) is 11.8 Å². The van der Waals surface area contributed by atoms with E-state index < -0.39 is 0 Å². The Balaban J connectivity index is 1.92. The minimum Gasteiger partial charge on any atom is -0.491 e. The maximum absolute atomic E-state index is 13.5. The highest BCUT2D eigenvalue weighted by atomic mass is 16.5. The molecular weight excluding hydrogens is 446 g/mol. The second-order valence-corrected chi connectivity index (χ2v) is 10.1. The molecule has 0 radical (unpaired) electrons. The number of carbonyl (C=O) groups is 3. The summed E-state index contributed by atoms with van der Waals surface area (Å²) in [5.74, 6) is 0.443. The predicted molar refractivity (Wildman–Crippen MR) is 136 cm³/mol. The summed E-state index contributed by atoms with van der Waals surface area (Å²) in [5.41, 5.74) is 0.938. The van der Waals surface area contributed by atoms with Crippen LogP contribution in [0.5, 0.6) is 5.75 Å². The Labute approximate surface area is 209 Å². The standard InChI is InChI=1S/C27H41N3O5/c1-6-9-25(31)28-21-12-13-23-22(14-21)27(33)29(4)16-24(34-5)18(2)15-30(19(3)17-35-23)26(32)20-10-7-8-11-20/h12-14,18-20,24H,6-11,15-17H2,1-5H3,(H,28,31)/t18-,19-,24+/m0/s1. The fraction of sp³-hybridized carbons (Fsp3) is 0.667. The summed E-state index contributed by atoms with van der Waals surface area (Å²) in [6.45, 7) is 7.21. The van der Waals surface area contributed by atoms with E-state index in [9.17, 15) is 14.4 Å². The number of rotatable bonds is 5. The molecule has 1 fully saturated rings. The van der Waals surface area contributed by atoms with Crippen molar-refractivity contribution >= 4 is 23.4 Å². The number of anilines is 1. The van der Waals surface area contributed by atoms with Gasteiger partial charge in [0.1, 0.15) is 12.4 Å². The maximum atomic E-state index is 13.5. The molecule has 1 aliphatic carbocycles. The molecule has 0 bridgehead atoms. The molecule has 8 nitrogen and oxygen atoms in total. The number of benzene rings is 1. The molecule has 1 aliphatic heterocycles. The molecular formula is C27H41N3O5. The Hall–Kier alpha value is -2.61. The third-order valence-corrected chi connectivity index (χ3v) is 7.19. The van der Waals surface area contributed by atoms with Crippen LogP contribution in [0.15, 0.2) is 18.2 Å². The lowest BCUT2D eigenvalue weighted by Crippen LogP contribution is -2.50. The van der Waals surface area contributed by atoms with Crippen molar-refractivity contribution in [3.8, 4) is 5.75 Å². The molecule has 1 heterocycles. The third kappa shape index (κ3) is 6.75. The van der Waals surface area contributed by atoms with Crippen LogP contribution in [0.4, 0.5) is 5.69 Å². The molecule has 35 heavy (non-hydrogen) atoms. The normalized spacial score (nSPS) is 24.3. The van der Waals surface area contributed by atoms with Gasteiger partial charge in [0.05, 0.1) is 17.7 Å². The molecule has 1 aromatic carbocycles. The highest BCUT2D eigenvalue weighted by Crippen LogP contribution is 2.30. The smallest absolute Gasteiger partial charge is 0.257 e. The second kappa shape index (κ2) is 12.4. The van der Waals surface area contributed by atoms with Crippen molar-refractivity contribution in [2.75, 3.05) is 39.2 Å². The fourth-order valence-electron chi connectivity index (χ4n) is 5.02. The average molecular weight is 488 g/mol. The average Bonchev–Trinajstić information content (AvgIpc) is 3.38. The van der Waals surface area contributed by atoms with Crippen molar-refractivity contribution in [3.63, 3.8) is 0 Å². The number of methoxy groups -OCH3 is 1. The number of carbonyl (C=O) groups excluding carboxylic acids is 3. The van der Waals surface area contributed by atoms with Crippen LogP contribution in [-0.4, -0.2) is 73.5 Å². The summed E-state index contributed by atoms with van der Waals surface area (Å²) < 4.78 is 11.9. The van der Waals surface area contributed by atoms with Gasteiger partial charge in [-0.3, -0.25) is 14.4 Å². The molecule has 3 rings (SSSR count). The van der Waals surface area contributed by atoms with Gasteiger partial charge in [0.2, 0.25) is 11.8 Å². The summed E-state index contributed by atoms with van der Waals surface area (Å²) in [6.07, 6.45) is 5.01. The fourth-order valence-corrected chi connectivity index (χ4v) is 5.02. The van der Waals surface area contributed by atoms with Crippen molar-refractivity contribution < 1.29 is 23.9 Å². The SMILES string of the molecule is CCCC(=O)Nc1ccc2c(c1)C(=O)N(C)C[C@@H](OC)[C@@H](C)CN(C(=O)C1CCCC1)[C@@H](C)CO2. The van der Waals surface area contributed by atoms with E-state index in [4.69, 9.17) is 9.47 Å². The minimum atomic E-state index is -0.230. The number of ether oxygens (including phenoxy) is 2. The third-order valence-electron chi connectivity index (χ3n) is 7.19. The predicted octanol–water partition coefficient (Wildman–Crippen LogP) is 3.95. The van der Waals surface area contributed by atoms with Gasteiger partial charge in [-0.25, -0.2) is 0 Å². The van der Waals surface area contributed by atoms with E-state index >= 15 is 0 Å². The van der Waals surface area contributed by atoms with E-state index in [-0.39, 0.29) is 48.3 Å². The van der Waals surface area contributed by atoms with Crippen LogP contribution in [0.1, 0.15) is 69.7 Å². The number of hydrogen-bond donors (Lipinski definition) is 1. The molecule has 3 amide bonds. The van der Waals surface area contributed by atoms with Gasteiger partial charge in [-0.2, -0.15) is 0 Å². The Bertz CT molecular complexity index is 899. The molecule has 194 valence electrons. The van der Waals surface area contributed by atoms with Crippen LogP contribution in [0.2, 0.25) is 0 Å². The Morgan fingerprint density at radius 1 is 1.17 bits per heavy atom. The first-order chi connectivity index (χ1) is 16.7. The van der Waals surface area contributed by atoms with Crippen molar-refractivity contribution in [3.05, 3.63) is 23.8 Å². The molecule has 0 unspecified atom stereocenters. The van der Waals surface area contributed by atoms with Crippen LogP contribution >= 0.6 is 0 Å². The molecule has 1 aromatic rings. The monoisotopic (exact) mass is 487 g/mol. The number of likely N-dealkylation sites (N-methyl/N-ethyl adjacent to an activating group) is 1. The van der Waals surface area contributed by atoms with Gasteiger partial charge < -0.3 is 24.6 Å². The lowest BCUT2D eigenvalue weighted by atomic mass is 9.99. The van der Waals surface area contributed by atoms with E-state index in [1.165, 1.54) is 0 Å². The zero-order valence-electron chi connectivity index (χ0n) is 21.8. The molecule has 1 N–H and O–H groups in total. The first-order valence-electron chi connectivity index (χ1n) is 12.9. The van der Waals surface area contributed by atoms with Crippen LogP contribution in [0, 0.1) is 11.8 Å². The van der Waals surface area contributed by atoms with Crippen LogP contribution in [0.3, 0.4) is 0 Å². The molecule has 1 saturated carbocycles. The van der Waals surface area contributed by atoms with Crippen molar-refractivity contribution in [2.45, 2.75) is 71.4 Å². The van der Waals surface area contributed by atoms with Gasteiger partial charge in [-0.1, -0.05) is 26.7 Å². The largest absolute Gasteiger partial charge is 0.491 e. The first-order valence-corrected chi connectivity index (χ1v) is 12.9. The van der Waals surface area contributed by atoms with Gasteiger partial charge in [0.25, 0.3) is 5.91 Å². The van der Waals surface area contributed by atoms with Gasteiger partial charge in [0.15, 0.2) is 0 Å². The molecule has 3 atom stereocenters. The summed E-state index contributed by atoms with van der Waals surface area (Å²) in [7, 11) is 3.39. The zero-order chi connectivity index (χ0) is 25.5. The highest BCUT2D eigenvalue weighted by molar-refractivity contribution is 5.99. The number of hydrogen-bond acceptors (Lipinski definition) is 5. The lowest BCUT2D eigenvalue weighted by molar-refractivity contribution is -0.139. The second-order valence-electron chi connectivity index (χ2n) is 10.1. The quantitative estimate of drug-likeness (QED) is 0.680. The summed E-state index contributed by atoms with van der Waals surface area (Å²) in [6, 6.07) is 4.98. The van der Waals surface area contributed by atoms with Gasteiger partial charge >= 0.3 is 0 Å². The van der Waals surface area contributed by atoms with E-state index in [0.717, 1.165) is 32.1 Å². The van der Waals surface area contributed by atoms with E-state index in [0.29, 0.717) is 36.5 Å². The topological polar surface area (TPSA) is 88.2 Å². The minimum absolute atomic E-state index is 0.0293. The number of nitrogens with one attached hydrogen (secondary N) is 1. The number of amides is 3. The number of fused-ring (bicyclic) bond motifs is 1. The van der Waals surface area contributed by atoms with Gasteiger partial charge in [0, 0.05) is 51.2 Å². The van der Waals surface area contributed by atoms with E-state index in [2.05, 4.69) is 12.2 Å². The van der Waals surface area contributed by atoms with Crippen molar-refractivity contribution in [1.29, 1.82) is 0 Å². The Kier molecular flexibility index (Phi) is 9.55. The lowest BCUT2D eigenvalue weighted by Gasteiger charge is -2.37. The zero-order valence-corrected chi connectivity index (χ0v) is 21.8. The summed E-state index contributed by atoms with van der Waals surface area (Å²) in [4.78, 5) is 42.6. The Morgan fingerprint density at radius 3 is 2.54 bits per heavy atom. The van der Waals surface area contributed by atoms with E-state index in [1.54, 1.807) is 37.3 Å². The van der Waals surface area contributed by atoms with Crippen LogP contribution < -0.4 is 10.1 Å². The molecule has 0 saturated heterocycles. The Morgan fingerprint density at radius 2 is 1.89 bits per heavy atom. The van der Waals surface area contributed by atoms with Crippen LogP contribution in [0.25, 0.3) is 0 Å². The summed E-state index contributed by atoms with van der Waals surface area (Å²) >= 11 is 0. The molecule has 8 heteroatoms.